The van der Waals surface area contributed by atoms with Gasteiger partial charge in [0, 0.05) is 19.6 Å². The highest BCUT2D eigenvalue weighted by molar-refractivity contribution is 5.79. The summed E-state index contributed by atoms with van der Waals surface area (Å²) in [5, 5.41) is 6.43. The molecule has 110 valence electrons. The van der Waals surface area contributed by atoms with Crippen molar-refractivity contribution < 1.29 is 4.79 Å². The summed E-state index contributed by atoms with van der Waals surface area (Å²) in [6.07, 6.45) is 4.06. The summed E-state index contributed by atoms with van der Waals surface area (Å²) in [4.78, 5) is 14.6. The molecule has 0 bridgehead atoms. The Bertz CT molecular complexity index is 289. The molecular weight excluding hydrogens is 238 g/mol. The van der Waals surface area contributed by atoms with E-state index in [1.54, 1.807) is 0 Å². The number of rotatable bonds is 5. The van der Waals surface area contributed by atoms with Crippen LogP contribution in [-0.2, 0) is 4.79 Å². The third-order valence-electron chi connectivity index (χ3n) is 4.50. The number of carbonyl (C=O) groups excluding carboxylic acids is 1. The summed E-state index contributed by atoms with van der Waals surface area (Å²) in [5.41, 5.74) is 0. The summed E-state index contributed by atoms with van der Waals surface area (Å²) >= 11 is 0. The highest BCUT2D eigenvalue weighted by Gasteiger charge is 2.29. The minimum atomic E-state index is 0.169. The molecule has 0 saturated carbocycles. The molecule has 0 radical (unpaired) electrons. The van der Waals surface area contributed by atoms with Crippen molar-refractivity contribution in [3.05, 3.63) is 0 Å². The maximum absolute atomic E-state index is 12.1. The third kappa shape index (κ3) is 4.46. The first kappa shape index (κ1) is 14.8. The molecule has 1 amide bonds. The maximum atomic E-state index is 12.1. The first-order valence-electron chi connectivity index (χ1n) is 7.87. The van der Waals surface area contributed by atoms with Crippen LogP contribution < -0.4 is 10.6 Å². The molecule has 2 N–H and O–H groups in total. The van der Waals surface area contributed by atoms with E-state index in [0.29, 0.717) is 11.8 Å². The molecule has 2 aliphatic heterocycles. The van der Waals surface area contributed by atoms with Gasteiger partial charge in [0.15, 0.2) is 0 Å². The van der Waals surface area contributed by atoms with Crippen LogP contribution in [-0.4, -0.2) is 50.1 Å². The van der Waals surface area contributed by atoms with Crippen molar-refractivity contribution in [2.45, 2.75) is 33.1 Å². The predicted molar refractivity (Wildman–Crippen MR) is 78.0 cm³/mol. The van der Waals surface area contributed by atoms with Gasteiger partial charge in [-0.15, -0.1) is 0 Å². The van der Waals surface area contributed by atoms with Gasteiger partial charge < -0.3 is 15.5 Å². The van der Waals surface area contributed by atoms with Crippen LogP contribution in [0.1, 0.15) is 33.1 Å². The number of nitrogens with zero attached hydrogens (tertiary/aromatic N) is 1. The molecule has 0 aromatic heterocycles. The number of amides is 1. The summed E-state index contributed by atoms with van der Waals surface area (Å²) in [6.45, 7) is 10.6. The first-order valence-corrected chi connectivity index (χ1v) is 7.87. The van der Waals surface area contributed by atoms with Crippen LogP contribution in [0.3, 0.4) is 0 Å². The van der Waals surface area contributed by atoms with E-state index in [0.717, 1.165) is 26.2 Å². The summed E-state index contributed by atoms with van der Waals surface area (Å²) in [6, 6.07) is 0. The zero-order valence-electron chi connectivity index (χ0n) is 12.5. The van der Waals surface area contributed by atoms with Crippen LogP contribution in [0, 0.1) is 17.8 Å². The van der Waals surface area contributed by atoms with Gasteiger partial charge in [-0.3, -0.25) is 4.79 Å². The number of hydrogen-bond acceptors (Lipinski definition) is 3. The second kappa shape index (κ2) is 7.25. The molecule has 4 heteroatoms. The monoisotopic (exact) mass is 267 g/mol. The Morgan fingerprint density at radius 3 is 2.68 bits per heavy atom. The third-order valence-corrected chi connectivity index (χ3v) is 4.50. The van der Waals surface area contributed by atoms with Crippen LogP contribution in [0.4, 0.5) is 0 Å². The van der Waals surface area contributed by atoms with Gasteiger partial charge >= 0.3 is 0 Å². The van der Waals surface area contributed by atoms with E-state index in [4.69, 9.17) is 0 Å². The summed E-state index contributed by atoms with van der Waals surface area (Å²) in [5.74, 6) is 1.43. The minimum Gasteiger partial charge on any atom is -0.355 e. The Hall–Kier alpha value is -0.610. The first-order chi connectivity index (χ1) is 9.16. The lowest BCUT2D eigenvalue weighted by atomic mass is 9.97. The van der Waals surface area contributed by atoms with Gasteiger partial charge in [-0.1, -0.05) is 20.3 Å². The molecule has 19 heavy (non-hydrogen) atoms. The van der Waals surface area contributed by atoms with Crippen molar-refractivity contribution in [2.24, 2.45) is 17.8 Å². The van der Waals surface area contributed by atoms with E-state index in [1.165, 1.54) is 32.4 Å². The van der Waals surface area contributed by atoms with E-state index in [-0.39, 0.29) is 11.8 Å². The molecular formula is C15H29N3O. The zero-order chi connectivity index (χ0) is 13.7. The number of hydrogen-bond donors (Lipinski definition) is 2. The fraction of sp³-hybridized carbons (Fsp3) is 0.933. The lowest BCUT2D eigenvalue weighted by Crippen LogP contribution is -2.40. The van der Waals surface area contributed by atoms with Gasteiger partial charge in [-0.2, -0.15) is 0 Å². The number of nitrogens with one attached hydrogen (secondary N) is 2. The Morgan fingerprint density at radius 2 is 2.05 bits per heavy atom. The molecule has 0 spiro atoms. The Kier molecular flexibility index (Phi) is 5.64. The molecule has 2 saturated heterocycles. The van der Waals surface area contributed by atoms with Gasteiger partial charge in [-0.05, 0) is 44.3 Å². The van der Waals surface area contributed by atoms with Crippen LogP contribution in [0.25, 0.3) is 0 Å². The van der Waals surface area contributed by atoms with Gasteiger partial charge in [0.2, 0.25) is 5.91 Å². The average molecular weight is 267 g/mol. The molecule has 2 rings (SSSR count). The SMILES string of the molecule is CC(CNC(=O)C1CNCC1C)CN1CCCCC1. The average Bonchev–Trinajstić information content (AvgIpc) is 2.83. The molecule has 2 fully saturated rings. The molecule has 2 aliphatic rings. The number of likely N-dealkylation sites (tertiary alicyclic amines) is 1. The van der Waals surface area contributed by atoms with E-state index in [1.807, 2.05) is 0 Å². The van der Waals surface area contributed by atoms with Gasteiger partial charge in [0.05, 0.1) is 5.92 Å². The van der Waals surface area contributed by atoms with Crippen molar-refractivity contribution in [1.82, 2.24) is 15.5 Å². The minimum absolute atomic E-state index is 0.169. The quantitative estimate of drug-likeness (QED) is 0.783. The predicted octanol–water partition coefficient (Wildman–Crippen LogP) is 1.08. The van der Waals surface area contributed by atoms with Crippen molar-refractivity contribution in [3.8, 4) is 0 Å². The van der Waals surface area contributed by atoms with E-state index >= 15 is 0 Å². The largest absolute Gasteiger partial charge is 0.355 e. The zero-order valence-corrected chi connectivity index (χ0v) is 12.5. The smallest absolute Gasteiger partial charge is 0.224 e. The Morgan fingerprint density at radius 1 is 1.32 bits per heavy atom. The molecule has 3 unspecified atom stereocenters. The fourth-order valence-electron chi connectivity index (χ4n) is 3.21. The van der Waals surface area contributed by atoms with Gasteiger partial charge in [0.1, 0.15) is 0 Å². The Balaban J connectivity index is 1.65. The molecule has 2 heterocycles. The highest BCUT2D eigenvalue weighted by atomic mass is 16.1. The Labute approximate surface area is 117 Å². The highest BCUT2D eigenvalue weighted by Crippen LogP contribution is 2.16. The van der Waals surface area contributed by atoms with Crippen LogP contribution in [0.5, 0.6) is 0 Å². The molecule has 0 aromatic rings. The van der Waals surface area contributed by atoms with Crippen LogP contribution in [0.15, 0.2) is 0 Å². The summed E-state index contributed by atoms with van der Waals surface area (Å²) < 4.78 is 0. The maximum Gasteiger partial charge on any atom is 0.224 e. The van der Waals surface area contributed by atoms with E-state index < -0.39 is 0 Å². The van der Waals surface area contributed by atoms with Crippen LogP contribution >= 0.6 is 0 Å². The van der Waals surface area contributed by atoms with E-state index in [9.17, 15) is 4.79 Å². The van der Waals surface area contributed by atoms with Gasteiger partial charge in [-0.25, -0.2) is 0 Å². The number of piperidine rings is 1. The van der Waals surface area contributed by atoms with Crippen molar-refractivity contribution >= 4 is 5.91 Å². The van der Waals surface area contributed by atoms with E-state index in [2.05, 4.69) is 29.4 Å². The number of carbonyl (C=O) groups is 1. The van der Waals surface area contributed by atoms with Crippen molar-refractivity contribution in [2.75, 3.05) is 39.3 Å². The van der Waals surface area contributed by atoms with Gasteiger partial charge in [0.25, 0.3) is 0 Å². The molecule has 3 atom stereocenters. The normalized spacial score (nSPS) is 30.2. The molecule has 4 nitrogen and oxygen atoms in total. The van der Waals surface area contributed by atoms with Crippen molar-refractivity contribution in [1.29, 1.82) is 0 Å². The lowest BCUT2D eigenvalue weighted by molar-refractivity contribution is -0.125. The lowest BCUT2D eigenvalue weighted by Gasteiger charge is -2.29. The molecule has 0 aromatic carbocycles. The standard InChI is InChI=1S/C15H29N3O/c1-12(11-18-6-4-3-5-7-18)8-17-15(19)14-10-16-9-13(14)2/h12-14,16H,3-11H2,1-2H3,(H,17,19). The fourth-order valence-corrected chi connectivity index (χ4v) is 3.21. The second-order valence-electron chi connectivity index (χ2n) is 6.45. The van der Waals surface area contributed by atoms with Crippen molar-refractivity contribution in [3.63, 3.8) is 0 Å². The molecule has 0 aliphatic carbocycles. The van der Waals surface area contributed by atoms with Crippen LogP contribution in [0.2, 0.25) is 0 Å². The summed E-state index contributed by atoms with van der Waals surface area (Å²) in [7, 11) is 0. The topological polar surface area (TPSA) is 44.4 Å². The second-order valence-corrected chi connectivity index (χ2v) is 6.45.